The van der Waals surface area contributed by atoms with E-state index in [9.17, 15) is 9.18 Å². The number of esters is 1. The minimum Gasteiger partial charge on any atom is -0.453 e. The van der Waals surface area contributed by atoms with Crippen LogP contribution in [-0.2, 0) is 15.1 Å². The lowest BCUT2D eigenvalue weighted by molar-refractivity contribution is -0.163. The third-order valence-electron chi connectivity index (χ3n) is 3.40. The van der Waals surface area contributed by atoms with E-state index >= 15 is 0 Å². The first-order valence-corrected chi connectivity index (χ1v) is 6.93. The summed E-state index contributed by atoms with van der Waals surface area (Å²) in [5.74, 6) is -0.681. The van der Waals surface area contributed by atoms with E-state index in [4.69, 9.17) is 4.74 Å². The fourth-order valence-electron chi connectivity index (χ4n) is 2.33. The molecule has 1 atom stereocenters. The van der Waals surface area contributed by atoms with E-state index in [0.717, 1.165) is 18.7 Å². The first-order chi connectivity index (χ1) is 9.03. The minimum absolute atomic E-state index is 0.314. The van der Waals surface area contributed by atoms with Gasteiger partial charge in [-0.2, -0.15) is 12.6 Å². The molecule has 0 aliphatic carbocycles. The first kappa shape index (κ1) is 14.3. The Morgan fingerprint density at radius 1 is 1.47 bits per heavy atom. The highest BCUT2D eigenvalue weighted by atomic mass is 32.1. The number of carbonyl (C=O) groups is 1. The molecule has 1 heterocycles. The average molecular weight is 283 g/mol. The number of carbonyl (C=O) groups excluding carboxylic acids is 1. The van der Waals surface area contributed by atoms with Crippen molar-refractivity contribution in [3.8, 4) is 0 Å². The lowest BCUT2D eigenvalue weighted by Crippen LogP contribution is -2.44. The van der Waals surface area contributed by atoms with E-state index in [1.54, 1.807) is 13.0 Å². The topological polar surface area (TPSA) is 38.3 Å². The molecule has 104 valence electrons. The van der Waals surface area contributed by atoms with Gasteiger partial charge in [-0.1, -0.05) is 12.1 Å². The molecular formula is C14H18FNO2S. The summed E-state index contributed by atoms with van der Waals surface area (Å²) in [5, 5.41) is 2.74. The lowest BCUT2D eigenvalue weighted by atomic mass is 9.84. The molecule has 1 unspecified atom stereocenters. The maximum absolute atomic E-state index is 13.4. The molecule has 1 aromatic carbocycles. The van der Waals surface area contributed by atoms with E-state index < -0.39 is 10.9 Å². The summed E-state index contributed by atoms with van der Waals surface area (Å²) >= 11 is 4.10. The van der Waals surface area contributed by atoms with Crippen LogP contribution in [0.2, 0.25) is 0 Å². The molecule has 1 N–H and O–H groups in total. The Hall–Kier alpha value is -1.07. The van der Waals surface area contributed by atoms with Gasteiger partial charge < -0.3 is 10.1 Å². The van der Waals surface area contributed by atoms with Gasteiger partial charge in [0, 0.05) is 12.8 Å². The predicted molar refractivity (Wildman–Crippen MR) is 74.7 cm³/mol. The van der Waals surface area contributed by atoms with Crippen molar-refractivity contribution in [1.29, 1.82) is 0 Å². The van der Waals surface area contributed by atoms with Gasteiger partial charge in [-0.05, 0) is 37.7 Å². The number of halogens is 1. The second-order valence-electron chi connectivity index (χ2n) is 4.85. The van der Waals surface area contributed by atoms with E-state index in [1.807, 2.05) is 6.07 Å². The zero-order chi connectivity index (χ0) is 13.9. The summed E-state index contributed by atoms with van der Waals surface area (Å²) in [5.41, 5.74) is -0.0159. The van der Waals surface area contributed by atoms with Gasteiger partial charge in [0.15, 0.2) is 0 Å². The van der Waals surface area contributed by atoms with E-state index in [-0.39, 0.29) is 11.8 Å². The van der Waals surface area contributed by atoms with Crippen LogP contribution in [0.5, 0.6) is 0 Å². The van der Waals surface area contributed by atoms with Crippen molar-refractivity contribution in [2.75, 3.05) is 13.1 Å². The Morgan fingerprint density at radius 3 is 2.74 bits per heavy atom. The highest BCUT2D eigenvalue weighted by molar-refractivity contribution is 7.81. The van der Waals surface area contributed by atoms with Crippen molar-refractivity contribution >= 4 is 18.6 Å². The molecule has 0 saturated carbocycles. The molecule has 1 saturated heterocycles. The fraction of sp³-hybridized carbons (Fsp3) is 0.500. The molecule has 0 spiro atoms. The summed E-state index contributed by atoms with van der Waals surface area (Å²) in [7, 11) is 0. The van der Waals surface area contributed by atoms with Gasteiger partial charge in [-0.25, -0.2) is 4.39 Å². The summed E-state index contributed by atoms with van der Waals surface area (Å²) in [6.07, 6.45) is 1.28. The van der Waals surface area contributed by atoms with E-state index in [0.29, 0.717) is 12.8 Å². The number of piperidine rings is 1. The van der Waals surface area contributed by atoms with Gasteiger partial charge in [0.05, 0.1) is 5.25 Å². The van der Waals surface area contributed by atoms with Gasteiger partial charge in [-0.15, -0.1) is 0 Å². The van der Waals surface area contributed by atoms with Crippen molar-refractivity contribution in [2.24, 2.45) is 0 Å². The summed E-state index contributed by atoms with van der Waals surface area (Å²) in [6, 6.07) is 6.29. The van der Waals surface area contributed by atoms with Gasteiger partial charge in [0.1, 0.15) is 11.4 Å². The average Bonchev–Trinajstić information content (AvgIpc) is 2.39. The number of rotatable bonds is 3. The standard InChI is InChI=1S/C14H18FNO2S/c1-10(19)13(17)18-14(5-7-16-8-6-14)11-3-2-4-12(15)9-11/h2-4,9-10,16,19H,5-8H2,1H3. The molecule has 5 heteroatoms. The van der Waals surface area contributed by atoms with E-state index in [2.05, 4.69) is 17.9 Å². The van der Waals surface area contributed by atoms with Crippen LogP contribution in [0.1, 0.15) is 25.3 Å². The largest absolute Gasteiger partial charge is 0.453 e. The van der Waals surface area contributed by atoms with Crippen molar-refractivity contribution in [3.63, 3.8) is 0 Å². The Kier molecular flexibility index (Phi) is 4.47. The Bertz CT molecular complexity index is 459. The predicted octanol–water partition coefficient (Wildman–Crippen LogP) is 2.27. The maximum Gasteiger partial charge on any atom is 0.319 e. The van der Waals surface area contributed by atoms with Crippen LogP contribution in [0.15, 0.2) is 24.3 Å². The van der Waals surface area contributed by atoms with Gasteiger partial charge in [-0.3, -0.25) is 4.79 Å². The van der Waals surface area contributed by atoms with Gasteiger partial charge >= 0.3 is 5.97 Å². The van der Waals surface area contributed by atoms with Gasteiger partial charge in [0.25, 0.3) is 0 Å². The van der Waals surface area contributed by atoms with Gasteiger partial charge in [0.2, 0.25) is 0 Å². The molecule has 0 radical (unpaired) electrons. The summed E-state index contributed by atoms with van der Waals surface area (Å²) in [6.45, 7) is 3.15. The maximum atomic E-state index is 13.4. The number of benzene rings is 1. The highest BCUT2D eigenvalue weighted by Crippen LogP contribution is 2.35. The molecule has 2 rings (SSSR count). The normalized spacial score (nSPS) is 19.7. The quantitative estimate of drug-likeness (QED) is 0.660. The smallest absolute Gasteiger partial charge is 0.319 e. The van der Waals surface area contributed by atoms with Crippen LogP contribution < -0.4 is 5.32 Å². The molecule has 1 aromatic rings. The first-order valence-electron chi connectivity index (χ1n) is 6.41. The molecule has 0 aromatic heterocycles. The highest BCUT2D eigenvalue weighted by Gasteiger charge is 2.38. The third kappa shape index (κ3) is 3.28. The second kappa shape index (κ2) is 5.92. The zero-order valence-corrected chi connectivity index (χ0v) is 11.8. The van der Waals surface area contributed by atoms with Crippen LogP contribution in [0.3, 0.4) is 0 Å². The molecule has 19 heavy (non-hydrogen) atoms. The molecular weight excluding hydrogens is 265 g/mol. The SMILES string of the molecule is CC(S)C(=O)OC1(c2cccc(F)c2)CCNCC1. The fourth-order valence-corrected chi connectivity index (χ4v) is 2.38. The van der Waals surface area contributed by atoms with Crippen LogP contribution in [0.4, 0.5) is 4.39 Å². The number of thiol groups is 1. The van der Waals surface area contributed by atoms with Crippen molar-refractivity contribution < 1.29 is 13.9 Å². The van der Waals surface area contributed by atoms with Crippen LogP contribution in [-0.4, -0.2) is 24.3 Å². The van der Waals surface area contributed by atoms with Crippen molar-refractivity contribution in [2.45, 2.75) is 30.6 Å². The summed E-state index contributed by atoms with van der Waals surface area (Å²) < 4.78 is 19.1. The zero-order valence-electron chi connectivity index (χ0n) is 10.9. The monoisotopic (exact) mass is 283 g/mol. The second-order valence-corrected chi connectivity index (χ2v) is 5.63. The molecule has 0 amide bonds. The number of hydrogen-bond donors (Lipinski definition) is 2. The van der Waals surface area contributed by atoms with Crippen molar-refractivity contribution in [3.05, 3.63) is 35.6 Å². The van der Waals surface area contributed by atoms with Crippen LogP contribution >= 0.6 is 12.6 Å². The van der Waals surface area contributed by atoms with Crippen LogP contribution in [0, 0.1) is 5.82 Å². The molecule has 0 bridgehead atoms. The molecule has 1 aliphatic rings. The van der Waals surface area contributed by atoms with Crippen molar-refractivity contribution in [1.82, 2.24) is 5.32 Å². The third-order valence-corrected chi connectivity index (χ3v) is 3.61. The van der Waals surface area contributed by atoms with Crippen LogP contribution in [0.25, 0.3) is 0 Å². The minimum atomic E-state index is -0.735. The molecule has 1 fully saturated rings. The molecule has 1 aliphatic heterocycles. The Labute approximate surface area is 117 Å². The molecule has 3 nitrogen and oxygen atoms in total. The number of nitrogens with one attached hydrogen (secondary N) is 1. The summed E-state index contributed by atoms with van der Waals surface area (Å²) in [4.78, 5) is 11.9. The lowest BCUT2D eigenvalue weighted by Gasteiger charge is -2.38. The Morgan fingerprint density at radius 2 is 2.16 bits per heavy atom. The number of hydrogen-bond acceptors (Lipinski definition) is 4. The number of ether oxygens (including phenoxy) is 1. The van der Waals surface area contributed by atoms with E-state index in [1.165, 1.54) is 12.1 Å². The Balaban J connectivity index is 2.31.